The van der Waals surface area contributed by atoms with Crippen LogP contribution in [0.3, 0.4) is 0 Å². The van der Waals surface area contributed by atoms with Crippen molar-refractivity contribution in [2.75, 3.05) is 19.6 Å². The van der Waals surface area contributed by atoms with Gasteiger partial charge in [0.1, 0.15) is 0 Å². The predicted molar refractivity (Wildman–Crippen MR) is 84.1 cm³/mol. The first kappa shape index (κ1) is 16.0. The Morgan fingerprint density at radius 3 is 2.48 bits per heavy atom. The van der Waals surface area contributed by atoms with Crippen molar-refractivity contribution in [3.05, 3.63) is 29.8 Å². The summed E-state index contributed by atoms with van der Waals surface area (Å²) >= 11 is 0. The van der Waals surface area contributed by atoms with Crippen LogP contribution in [0.25, 0.3) is 0 Å². The third kappa shape index (κ3) is 4.31. The van der Waals surface area contributed by atoms with Crippen LogP contribution in [0.2, 0.25) is 0 Å². The van der Waals surface area contributed by atoms with Crippen molar-refractivity contribution < 1.29 is 8.42 Å². The minimum Gasteiger partial charge on any atom is -0.330 e. The molecule has 0 atom stereocenters. The van der Waals surface area contributed by atoms with Crippen molar-refractivity contribution in [3.63, 3.8) is 0 Å². The van der Waals surface area contributed by atoms with Gasteiger partial charge in [-0.1, -0.05) is 18.1 Å². The van der Waals surface area contributed by atoms with Gasteiger partial charge in [-0.15, -0.1) is 6.42 Å². The Labute approximate surface area is 127 Å². The van der Waals surface area contributed by atoms with E-state index < -0.39 is 10.0 Å². The van der Waals surface area contributed by atoms with E-state index in [0.717, 1.165) is 31.2 Å². The number of nitrogens with zero attached hydrogens (tertiary/aromatic N) is 1. The fourth-order valence-corrected chi connectivity index (χ4v) is 3.65. The number of aryl methyl sites for hydroxylation is 1. The Morgan fingerprint density at radius 1 is 1.29 bits per heavy atom. The summed E-state index contributed by atoms with van der Waals surface area (Å²) in [6.45, 7) is 1.30. The molecule has 0 saturated heterocycles. The molecule has 1 saturated carbocycles. The third-order valence-electron chi connectivity index (χ3n) is 3.66. The van der Waals surface area contributed by atoms with Crippen molar-refractivity contribution in [2.45, 2.75) is 30.6 Å². The first-order valence-corrected chi connectivity index (χ1v) is 8.74. The van der Waals surface area contributed by atoms with Crippen LogP contribution in [0.15, 0.2) is 29.2 Å². The number of benzene rings is 1. The fraction of sp³-hybridized carbons (Fsp3) is 0.500. The van der Waals surface area contributed by atoms with Gasteiger partial charge in [-0.3, -0.25) is 0 Å². The van der Waals surface area contributed by atoms with Crippen LogP contribution in [0.4, 0.5) is 0 Å². The highest BCUT2D eigenvalue weighted by Crippen LogP contribution is 2.31. The average molecular weight is 306 g/mol. The molecule has 0 aromatic heterocycles. The third-order valence-corrected chi connectivity index (χ3v) is 5.48. The van der Waals surface area contributed by atoms with Crippen LogP contribution in [-0.4, -0.2) is 32.4 Å². The van der Waals surface area contributed by atoms with Crippen LogP contribution in [0.1, 0.15) is 24.8 Å². The quantitative estimate of drug-likeness (QED) is 0.742. The lowest BCUT2D eigenvalue weighted by Crippen LogP contribution is -2.33. The van der Waals surface area contributed by atoms with Gasteiger partial charge in [-0.25, -0.2) is 8.42 Å². The molecule has 21 heavy (non-hydrogen) atoms. The molecule has 1 aliphatic carbocycles. The zero-order chi connectivity index (χ0) is 15.3. The van der Waals surface area contributed by atoms with E-state index in [1.165, 1.54) is 4.31 Å². The van der Waals surface area contributed by atoms with E-state index in [2.05, 4.69) is 5.92 Å². The predicted octanol–water partition coefficient (Wildman–Crippen LogP) is 1.61. The molecule has 0 amide bonds. The molecule has 1 aromatic rings. The lowest BCUT2D eigenvalue weighted by molar-refractivity contribution is 0.430. The number of rotatable bonds is 8. The average Bonchev–Trinajstić information content (AvgIpc) is 3.29. The number of nitrogens with two attached hydrogens (primary N) is 1. The monoisotopic (exact) mass is 306 g/mol. The lowest BCUT2D eigenvalue weighted by atomic mass is 10.1. The highest BCUT2D eigenvalue weighted by molar-refractivity contribution is 7.89. The van der Waals surface area contributed by atoms with Crippen molar-refractivity contribution in [1.29, 1.82) is 0 Å². The van der Waals surface area contributed by atoms with Gasteiger partial charge < -0.3 is 5.73 Å². The Morgan fingerprint density at radius 2 is 1.95 bits per heavy atom. The topological polar surface area (TPSA) is 63.4 Å². The molecule has 5 heteroatoms. The molecule has 1 aromatic carbocycles. The molecule has 0 bridgehead atoms. The Kier molecular flexibility index (Phi) is 5.40. The Balaban J connectivity index is 2.14. The molecule has 1 fully saturated rings. The van der Waals surface area contributed by atoms with Crippen LogP contribution in [-0.2, 0) is 16.4 Å². The molecule has 1 aliphatic rings. The molecule has 0 unspecified atom stereocenters. The number of terminal acetylenes is 1. The number of sulfonamides is 1. The molecule has 2 rings (SSSR count). The lowest BCUT2D eigenvalue weighted by Gasteiger charge is -2.19. The van der Waals surface area contributed by atoms with E-state index in [1.807, 2.05) is 12.1 Å². The summed E-state index contributed by atoms with van der Waals surface area (Å²) in [6.07, 6.45) is 9.26. The van der Waals surface area contributed by atoms with Crippen LogP contribution >= 0.6 is 0 Å². The fourth-order valence-electron chi connectivity index (χ4n) is 2.22. The number of hydrogen-bond donors (Lipinski definition) is 1. The summed E-state index contributed by atoms with van der Waals surface area (Å²) in [4.78, 5) is 0.315. The van der Waals surface area contributed by atoms with Gasteiger partial charge in [0.25, 0.3) is 0 Å². The molecule has 0 radical (unpaired) electrons. The van der Waals surface area contributed by atoms with Crippen molar-refractivity contribution >= 4 is 10.0 Å². The SMILES string of the molecule is C#CCN(CC1CC1)S(=O)(=O)c1ccc(CCCN)cc1. The van der Waals surface area contributed by atoms with Crippen LogP contribution in [0, 0.1) is 18.3 Å². The summed E-state index contributed by atoms with van der Waals surface area (Å²) in [5.41, 5.74) is 6.58. The highest BCUT2D eigenvalue weighted by Gasteiger charge is 2.31. The Hall–Kier alpha value is -1.35. The van der Waals surface area contributed by atoms with Gasteiger partial charge >= 0.3 is 0 Å². The summed E-state index contributed by atoms with van der Waals surface area (Å²) < 4.78 is 26.7. The molecular weight excluding hydrogens is 284 g/mol. The van der Waals surface area contributed by atoms with E-state index in [4.69, 9.17) is 12.2 Å². The summed E-state index contributed by atoms with van der Waals surface area (Å²) in [5, 5.41) is 0. The van der Waals surface area contributed by atoms with E-state index in [1.54, 1.807) is 12.1 Å². The van der Waals surface area contributed by atoms with E-state index in [-0.39, 0.29) is 6.54 Å². The first-order chi connectivity index (χ1) is 10.1. The molecule has 0 aliphatic heterocycles. The molecule has 4 nitrogen and oxygen atoms in total. The zero-order valence-corrected chi connectivity index (χ0v) is 13.0. The maximum Gasteiger partial charge on any atom is 0.243 e. The van der Waals surface area contributed by atoms with E-state index in [0.29, 0.717) is 23.9 Å². The summed E-state index contributed by atoms with van der Waals surface area (Å²) in [7, 11) is -3.49. The first-order valence-electron chi connectivity index (χ1n) is 7.30. The molecule has 114 valence electrons. The number of hydrogen-bond acceptors (Lipinski definition) is 3. The summed E-state index contributed by atoms with van der Waals surface area (Å²) in [6, 6.07) is 7.04. The zero-order valence-electron chi connectivity index (χ0n) is 12.2. The van der Waals surface area contributed by atoms with Gasteiger partial charge in [0, 0.05) is 6.54 Å². The van der Waals surface area contributed by atoms with Gasteiger partial charge in [0.2, 0.25) is 10.0 Å². The largest absolute Gasteiger partial charge is 0.330 e. The second-order valence-electron chi connectivity index (χ2n) is 5.48. The second-order valence-corrected chi connectivity index (χ2v) is 7.42. The van der Waals surface area contributed by atoms with Gasteiger partial charge in [0.05, 0.1) is 11.4 Å². The van der Waals surface area contributed by atoms with E-state index in [9.17, 15) is 8.42 Å². The van der Waals surface area contributed by atoms with Crippen molar-refractivity contribution in [1.82, 2.24) is 4.31 Å². The van der Waals surface area contributed by atoms with E-state index >= 15 is 0 Å². The normalized spacial score (nSPS) is 15.1. The van der Waals surface area contributed by atoms with Crippen LogP contribution in [0.5, 0.6) is 0 Å². The minimum absolute atomic E-state index is 0.133. The van der Waals surface area contributed by atoms with Gasteiger partial charge in [0.15, 0.2) is 0 Å². The molecule has 0 spiro atoms. The second kappa shape index (κ2) is 7.08. The van der Waals surface area contributed by atoms with Crippen LogP contribution < -0.4 is 5.73 Å². The van der Waals surface area contributed by atoms with Crippen molar-refractivity contribution in [3.8, 4) is 12.3 Å². The molecular formula is C16H22N2O2S. The minimum atomic E-state index is -3.49. The highest BCUT2D eigenvalue weighted by atomic mass is 32.2. The maximum absolute atomic E-state index is 12.6. The standard InChI is InChI=1S/C16H22N2O2S/c1-2-12-18(13-15-5-6-15)21(19,20)16-9-7-14(8-10-16)4-3-11-17/h1,7-10,15H,3-6,11-13,17H2. The van der Waals surface area contributed by atoms with Gasteiger partial charge in [-0.05, 0) is 55.8 Å². The maximum atomic E-state index is 12.6. The molecule has 0 heterocycles. The smallest absolute Gasteiger partial charge is 0.243 e. The van der Waals surface area contributed by atoms with Gasteiger partial charge in [-0.2, -0.15) is 4.31 Å². The summed E-state index contributed by atoms with van der Waals surface area (Å²) in [5.74, 6) is 2.92. The Bertz CT molecular complexity index is 598. The molecule has 2 N–H and O–H groups in total. The van der Waals surface area contributed by atoms with Crippen molar-refractivity contribution in [2.24, 2.45) is 11.7 Å².